The molecule has 1 aromatic carbocycles. The maximum Gasteiger partial charge on any atom is 0.271 e. The summed E-state index contributed by atoms with van der Waals surface area (Å²) in [5.41, 5.74) is 6.43. The molecule has 14 nitrogen and oxygen atoms in total. The van der Waals surface area contributed by atoms with Crippen LogP contribution in [0.2, 0.25) is 0 Å². The van der Waals surface area contributed by atoms with Crippen LogP contribution in [0, 0.1) is 5.92 Å². The average molecular weight is 529 g/mol. The van der Waals surface area contributed by atoms with Crippen LogP contribution in [0.1, 0.15) is 35.6 Å². The molecular formula is C22H24N8O6S. The van der Waals surface area contributed by atoms with Crippen LogP contribution in [0.3, 0.4) is 0 Å². The first-order valence-electron chi connectivity index (χ1n) is 11.5. The summed E-state index contributed by atoms with van der Waals surface area (Å²) in [6.45, 7) is 0.379. The number of benzene rings is 1. The maximum atomic E-state index is 12.1. The molecule has 2 aliphatic rings. The summed E-state index contributed by atoms with van der Waals surface area (Å²) in [6, 6.07) is 6.55. The Kier molecular flexibility index (Phi) is 6.47. The molecule has 37 heavy (non-hydrogen) atoms. The highest BCUT2D eigenvalue weighted by Gasteiger charge is 2.31. The number of anilines is 3. The lowest BCUT2D eigenvalue weighted by molar-refractivity contribution is -0.117. The zero-order chi connectivity index (χ0) is 26.2. The summed E-state index contributed by atoms with van der Waals surface area (Å²) in [6.07, 6.45) is 2.19. The highest BCUT2D eigenvalue weighted by atomic mass is 32.2. The average Bonchev–Trinajstić information content (AvgIpc) is 3.53. The van der Waals surface area contributed by atoms with Crippen molar-refractivity contribution >= 4 is 39.0 Å². The second kappa shape index (κ2) is 9.74. The van der Waals surface area contributed by atoms with Crippen LogP contribution in [-0.2, 0) is 21.4 Å². The zero-order valence-electron chi connectivity index (χ0n) is 19.8. The van der Waals surface area contributed by atoms with Gasteiger partial charge in [0, 0.05) is 18.5 Å². The van der Waals surface area contributed by atoms with Gasteiger partial charge in [-0.3, -0.25) is 9.59 Å². The number of methoxy groups -OCH3 is 1. The number of nitrogens with one attached hydrogen (secondary N) is 2. The maximum absolute atomic E-state index is 12.1. The first-order chi connectivity index (χ1) is 17.7. The number of sulfonamides is 1. The molecule has 1 saturated heterocycles. The Morgan fingerprint density at radius 3 is 2.73 bits per heavy atom. The van der Waals surface area contributed by atoms with Gasteiger partial charge in [-0.2, -0.15) is 9.29 Å². The quantitative estimate of drug-likeness (QED) is 0.362. The fourth-order valence-electron chi connectivity index (χ4n) is 3.93. The third-order valence-electron chi connectivity index (χ3n) is 5.94. The van der Waals surface area contributed by atoms with Crippen LogP contribution in [0.4, 0.5) is 17.2 Å². The summed E-state index contributed by atoms with van der Waals surface area (Å²) in [4.78, 5) is 28.5. The van der Waals surface area contributed by atoms with E-state index in [0.717, 1.165) is 12.8 Å². The second-order valence-electron chi connectivity index (χ2n) is 8.65. The smallest absolute Gasteiger partial charge is 0.271 e. The van der Waals surface area contributed by atoms with Gasteiger partial charge < -0.3 is 25.6 Å². The van der Waals surface area contributed by atoms with E-state index < -0.39 is 15.9 Å². The van der Waals surface area contributed by atoms with Crippen molar-refractivity contribution in [3.8, 4) is 17.1 Å². The highest BCUT2D eigenvalue weighted by Crippen LogP contribution is 2.37. The lowest BCUT2D eigenvalue weighted by atomic mass is 10.1. The fourth-order valence-corrected chi connectivity index (χ4v) is 5.40. The molecule has 3 heterocycles. The van der Waals surface area contributed by atoms with Gasteiger partial charge in [0.1, 0.15) is 0 Å². The number of aromatic nitrogens is 4. The predicted octanol–water partition coefficient (Wildman–Crippen LogP) is 1.26. The minimum absolute atomic E-state index is 0.0183. The van der Waals surface area contributed by atoms with Crippen molar-refractivity contribution in [1.82, 2.24) is 24.6 Å². The Morgan fingerprint density at radius 2 is 2.05 bits per heavy atom. The van der Waals surface area contributed by atoms with Crippen molar-refractivity contribution in [3.05, 3.63) is 35.9 Å². The molecular weight excluding hydrogens is 504 g/mol. The minimum atomic E-state index is -3.32. The molecule has 2 amide bonds. The van der Waals surface area contributed by atoms with Crippen molar-refractivity contribution in [1.29, 1.82) is 0 Å². The highest BCUT2D eigenvalue weighted by molar-refractivity contribution is 7.89. The lowest BCUT2D eigenvalue weighted by Gasteiger charge is -2.15. The number of para-hydroxylation sites is 1. The minimum Gasteiger partial charge on any atom is -0.494 e. The number of amides is 2. The van der Waals surface area contributed by atoms with Gasteiger partial charge in [-0.15, -0.1) is 10.2 Å². The molecule has 1 aliphatic heterocycles. The van der Waals surface area contributed by atoms with E-state index in [4.69, 9.17) is 15.0 Å². The van der Waals surface area contributed by atoms with E-state index >= 15 is 0 Å². The van der Waals surface area contributed by atoms with Crippen LogP contribution in [0.15, 0.2) is 28.8 Å². The molecule has 2 aromatic heterocycles. The molecule has 0 atom stereocenters. The molecule has 0 bridgehead atoms. The van der Waals surface area contributed by atoms with Crippen LogP contribution >= 0.6 is 0 Å². The van der Waals surface area contributed by atoms with Gasteiger partial charge in [-0.05, 0) is 31.4 Å². The zero-order valence-corrected chi connectivity index (χ0v) is 20.6. The fraction of sp³-hybridized carbons (Fsp3) is 0.364. The Hall–Kier alpha value is -4.11. The molecule has 1 saturated carbocycles. The van der Waals surface area contributed by atoms with E-state index in [1.165, 1.54) is 17.5 Å². The Bertz CT molecular complexity index is 1470. The molecule has 5 rings (SSSR count). The molecule has 0 spiro atoms. The SMILES string of the molecule is COc1c(Nc2cc(NC(=O)C3CC3)nnc2C(N)=O)cccc1-c1noc(CN2CCCS2(=O)=O)n1. The molecule has 4 N–H and O–H groups in total. The van der Waals surface area contributed by atoms with Crippen LogP contribution in [0.25, 0.3) is 11.4 Å². The van der Waals surface area contributed by atoms with Crippen molar-refractivity contribution in [2.45, 2.75) is 25.8 Å². The number of primary amides is 1. The van der Waals surface area contributed by atoms with Crippen molar-refractivity contribution < 1.29 is 27.3 Å². The summed E-state index contributed by atoms with van der Waals surface area (Å²) in [7, 11) is -1.88. The van der Waals surface area contributed by atoms with E-state index in [9.17, 15) is 18.0 Å². The number of nitrogens with zero attached hydrogens (tertiary/aromatic N) is 5. The molecule has 1 aliphatic carbocycles. The van der Waals surface area contributed by atoms with Crippen LogP contribution < -0.4 is 21.1 Å². The normalized spacial score (nSPS) is 16.9. The molecule has 0 unspecified atom stereocenters. The summed E-state index contributed by atoms with van der Waals surface area (Å²) in [5.74, 6) is -0.113. The van der Waals surface area contributed by atoms with Crippen molar-refractivity contribution in [2.24, 2.45) is 11.7 Å². The molecule has 3 aromatic rings. The Labute approximate surface area is 211 Å². The van der Waals surface area contributed by atoms with Gasteiger partial charge in [0.2, 0.25) is 27.6 Å². The summed E-state index contributed by atoms with van der Waals surface area (Å²) < 4.78 is 36.4. The van der Waals surface area contributed by atoms with E-state index in [-0.39, 0.29) is 53.0 Å². The van der Waals surface area contributed by atoms with Crippen molar-refractivity contribution in [3.63, 3.8) is 0 Å². The molecule has 15 heteroatoms. The topological polar surface area (TPSA) is 196 Å². The first-order valence-corrected chi connectivity index (χ1v) is 13.1. The van der Waals surface area contributed by atoms with Gasteiger partial charge in [-0.25, -0.2) is 8.42 Å². The number of hydrogen-bond acceptors (Lipinski definition) is 11. The number of carbonyl (C=O) groups is 2. The largest absolute Gasteiger partial charge is 0.494 e. The van der Waals surface area contributed by atoms with E-state index in [0.29, 0.717) is 30.0 Å². The Balaban J connectivity index is 1.43. The number of carbonyl (C=O) groups excluding carboxylic acids is 2. The van der Waals surface area contributed by atoms with Gasteiger partial charge >= 0.3 is 0 Å². The van der Waals surface area contributed by atoms with Gasteiger partial charge in [0.15, 0.2) is 17.3 Å². The number of hydrogen-bond donors (Lipinski definition) is 3. The Morgan fingerprint density at radius 1 is 1.24 bits per heavy atom. The molecule has 0 radical (unpaired) electrons. The van der Waals surface area contributed by atoms with Crippen molar-refractivity contribution in [2.75, 3.05) is 30.0 Å². The molecule has 2 fully saturated rings. The van der Waals surface area contributed by atoms with Crippen LogP contribution in [0.5, 0.6) is 5.75 Å². The number of rotatable bonds is 9. The molecule has 194 valence electrons. The first kappa shape index (κ1) is 24.6. The van der Waals surface area contributed by atoms with Gasteiger partial charge in [0.25, 0.3) is 5.91 Å². The predicted molar refractivity (Wildman–Crippen MR) is 130 cm³/mol. The van der Waals surface area contributed by atoms with E-state index in [2.05, 4.69) is 31.0 Å². The lowest BCUT2D eigenvalue weighted by Crippen LogP contribution is -2.25. The second-order valence-corrected chi connectivity index (χ2v) is 10.7. The number of ether oxygens (including phenoxy) is 1. The third kappa shape index (κ3) is 5.22. The standard InChI is InChI=1S/C22H24N8O6S/c1-35-19-13(21-26-17(36-29-21)11-30-8-3-9-37(30,33)34)4-2-5-14(19)24-15-10-16(25-22(32)12-6-7-12)27-28-18(15)20(23)31/h2,4-5,10,12H,3,6-9,11H2,1H3,(H2,23,31)(H2,24,25,27,32). The van der Waals surface area contributed by atoms with Gasteiger partial charge in [-0.1, -0.05) is 11.2 Å². The van der Waals surface area contributed by atoms with Crippen LogP contribution in [-0.4, -0.2) is 64.3 Å². The van der Waals surface area contributed by atoms with Gasteiger partial charge in [0.05, 0.1) is 36.3 Å². The van der Waals surface area contributed by atoms with E-state index in [1.54, 1.807) is 18.2 Å². The summed E-state index contributed by atoms with van der Waals surface area (Å²) in [5, 5.41) is 17.5. The third-order valence-corrected chi connectivity index (χ3v) is 7.84. The van der Waals surface area contributed by atoms with E-state index in [1.807, 2.05) is 0 Å². The number of nitrogens with two attached hydrogens (primary N) is 1. The summed E-state index contributed by atoms with van der Waals surface area (Å²) >= 11 is 0. The monoisotopic (exact) mass is 528 g/mol.